The molecule has 0 aromatic carbocycles. The number of halogens is 1. The fourth-order valence-electron chi connectivity index (χ4n) is 1.04. The average Bonchev–Trinajstić information content (AvgIpc) is 2.08. The van der Waals surface area contributed by atoms with Gasteiger partial charge in [0.1, 0.15) is 5.38 Å². The van der Waals surface area contributed by atoms with Gasteiger partial charge in [0, 0.05) is 0 Å². The molecule has 1 saturated heterocycles. The summed E-state index contributed by atoms with van der Waals surface area (Å²) in [4.78, 5) is 11.2. The van der Waals surface area contributed by atoms with E-state index < -0.39 is 17.6 Å². The van der Waals surface area contributed by atoms with E-state index in [4.69, 9.17) is 21.1 Å². The number of hydrogen-bond donors (Lipinski definition) is 0. The molecule has 0 radical (unpaired) electrons. The summed E-state index contributed by atoms with van der Waals surface area (Å²) < 4.78 is 10.5. The highest BCUT2D eigenvalue weighted by Gasteiger charge is 2.19. The Morgan fingerprint density at radius 2 is 2.43 bits per heavy atom. The van der Waals surface area contributed by atoms with E-state index in [1.807, 2.05) is 0 Å². The number of ether oxygens (including phenoxy) is 2. The van der Waals surface area contributed by atoms with Crippen LogP contribution in [-0.4, -0.2) is 35.7 Å². The smallest absolute Gasteiger partial charge is 0.326 e. The zero-order chi connectivity index (χ0) is 10.4. The second-order valence-corrected chi connectivity index (χ2v) is 4.94. The lowest BCUT2D eigenvalue weighted by molar-refractivity contribution is -0.173. The van der Waals surface area contributed by atoms with Crippen LogP contribution in [0.15, 0.2) is 0 Å². The third-order valence-electron chi connectivity index (χ3n) is 1.81. The lowest BCUT2D eigenvalue weighted by atomic mass is 10.3. The number of carbonyl (C=O) groups excluding carboxylic acids is 1. The van der Waals surface area contributed by atoms with E-state index in [-0.39, 0.29) is 0 Å². The molecule has 0 aliphatic carbocycles. The molecule has 0 aromatic heterocycles. The molecule has 3 nitrogen and oxygen atoms in total. The molecule has 0 aromatic rings. The molecule has 2 atom stereocenters. The summed E-state index contributed by atoms with van der Waals surface area (Å²) in [7, 11) is 0. The van der Waals surface area contributed by atoms with Crippen molar-refractivity contribution in [3.63, 3.8) is 0 Å². The number of hydrogen-bond acceptors (Lipinski definition) is 4. The van der Waals surface area contributed by atoms with Crippen molar-refractivity contribution in [2.45, 2.75) is 31.4 Å². The van der Waals surface area contributed by atoms with Gasteiger partial charge in [0.2, 0.25) is 6.29 Å². The van der Waals surface area contributed by atoms with E-state index in [9.17, 15) is 4.79 Å². The van der Waals surface area contributed by atoms with Gasteiger partial charge >= 0.3 is 5.97 Å². The predicted molar refractivity (Wildman–Crippen MR) is 57.7 cm³/mol. The molecule has 1 aliphatic rings. The fraction of sp³-hybridized carbons (Fsp3) is 0.889. The minimum absolute atomic E-state index is 0.405. The Kier molecular flexibility index (Phi) is 5.67. The Hall–Kier alpha value is 0.0700. The number of rotatable bonds is 2. The van der Waals surface area contributed by atoms with Crippen LogP contribution in [0.3, 0.4) is 0 Å². The van der Waals surface area contributed by atoms with Crippen molar-refractivity contribution in [1.82, 2.24) is 0 Å². The van der Waals surface area contributed by atoms with Crippen LogP contribution in [0.1, 0.15) is 19.8 Å². The Balaban J connectivity index is 2.30. The van der Waals surface area contributed by atoms with Crippen molar-refractivity contribution < 1.29 is 14.3 Å². The Morgan fingerprint density at radius 3 is 3.14 bits per heavy atom. The van der Waals surface area contributed by atoms with Gasteiger partial charge in [-0.2, -0.15) is 11.8 Å². The third kappa shape index (κ3) is 4.53. The van der Waals surface area contributed by atoms with Crippen LogP contribution in [-0.2, 0) is 14.3 Å². The highest BCUT2D eigenvalue weighted by Crippen LogP contribution is 2.15. The monoisotopic (exact) mass is 238 g/mol. The molecule has 0 spiro atoms. The zero-order valence-corrected chi connectivity index (χ0v) is 9.77. The molecule has 1 aliphatic heterocycles. The van der Waals surface area contributed by atoms with Gasteiger partial charge in [0.15, 0.2) is 0 Å². The summed E-state index contributed by atoms with van der Waals surface area (Å²) in [5.41, 5.74) is 0. The quantitative estimate of drug-likeness (QED) is 0.545. The van der Waals surface area contributed by atoms with Crippen molar-refractivity contribution in [3.05, 3.63) is 0 Å². The predicted octanol–water partition coefficient (Wildman–Crippen LogP) is 2.03. The largest absolute Gasteiger partial charge is 0.434 e. The summed E-state index contributed by atoms with van der Waals surface area (Å²) in [5, 5.41) is -0.603. The van der Waals surface area contributed by atoms with Crippen molar-refractivity contribution in [2.75, 3.05) is 18.1 Å². The van der Waals surface area contributed by atoms with Gasteiger partial charge in [-0.25, -0.2) is 0 Å². The number of esters is 1. The van der Waals surface area contributed by atoms with Crippen molar-refractivity contribution in [3.8, 4) is 0 Å². The van der Waals surface area contributed by atoms with Gasteiger partial charge < -0.3 is 9.47 Å². The molecule has 1 heterocycles. The van der Waals surface area contributed by atoms with Crippen LogP contribution in [0.25, 0.3) is 0 Å². The minimum atomic E-state index is -0.603. The maximum absolute atomic E-state index is 11.2. The second kappa shape index (κ2) is 6.53. The van der Waals surface area contributed by atoms with Crippen LogP contribution in [0.4, 0.5) is 0 Å². The van der Waals surface area contributed by atoms with E-state index in [2.05, 4.69) is 0 Å². The topological polar surface area (TPSA) is 35.5 Å². The molecule has 1 fully saturated rings. The minimum Gasteiger partial charge on any atom is -0.434 e. The molecule has 14 heavy (non-hydrogen) atoms. The first-order chi connectivity index (χ1) is 6.70. The zero-order valence-electron chi connectivity index (χ0n) is 8.20. The maximum atomic E-state index is 11.2. The van der Waals surface area contributed by atoms with Crippen LogP contribution in [0.2, 0.25) is 0 Å². The van der Waals surface area contributed by atoms with E-state index in [0.717, 1.165) is 18.6 Å². The van der Waals surface area contributed by atoms with Crippen LogP contribution < -0.4 is 0 Å². The van der Waals surface area contributed by atoms with Gasteiger partial charge in [-0.05, 0) is 25.5 Å². The van der Waals surface area contributed by atoms with E-state index >= 15 is 0 Å². The first-order valence-corrected chi connectivity index (χ1v) is 6.33. The molecule has 0 bridgehead atoms. The number of alkyl halides is 1. The average molecular weight is 239 g/mol. The van der Waals surface area contributed by atoms with Crippen LogP contribution >= 0.6 is 23.4 Å². The van der Waals surface area contributed by atoms with Gasteiger partial charge in [-0.15, -0.1) is 11.6 Å². The SMILES string of the molecule is CC(Cl)C(=O)OC1CSCCCCO1. The van der Waals surface area contributed by atoms with Gasteiger partial charge in [0.05, 0.1) is 12.4 Å². The summed E-state index contributed by atoms with van der Waals surface area (Å²) in [6.07, 6.45) is 1.77. The van der Waals surface area contributed by atoms with Gasteiger partial charge in [-0.3, -0.25) is 4.79 Å². The Morgan fingerprint density at radius 1 is 1.64 bits per heavy atom. The highest BCUT2D eigenvalue weighted by atomic mass is 35.5. The van der Waals surface area contributed by atoms with Crippen molar-refractivity contribution in [2.24, 2.45) is 0 Å². The van der Waals surface area contributed by atoms with Crippen molar-refractivity contribution in [1.29, 1.82) is 0 Å². The fourth-order valence-corrected chi connectivity index (χ4v) is 2.02. The molecule has 1 rings (SSSR count). The van der Waals surface area contributed by atoms with E-state index in [1.165, 1.54) is 0 Å². The molecule has 2 unspecified atom stereocenters. The normalized spacial score (nSPS) is 26.0. The molecular weight excluding hydrogens is 224 g/mol. The standard InChI is InChI=1S/C9H15ClO3S/c1-7(10)9(11)13-8-6-14-5-3-2-4-12-8/h7-8H,2-6H2,1H3. The second-order valence-electron chi connectivity index (χ2n) is 3.14. The Bertz CT molecular complexity index is 179. The van der Waals surface area contributed by atoms with Crippen LogP contribution in [0, 0.1) is 0 Å². The number of thioether (sulfide) groups is 1. The lowest BCUT2D eigenvalue weighted by Crippen LogP contribution is -2.28. The molecule has 5 heteroatoms. The maximum Gasteiger partial charge on any atom is 0.326 e. The number of carbonyl (C=O) groups is 1. The lowest BCUT2D eigenvalue weighted by Gasteiger charge is -2.20. The van der Waals surface area contributed by atoms with Gasteiger partial charge in [-0.1, -0.05) is 0 Å². The van der Waals surface area contributed by atoms with E-state index in [0.29, 0.717) is 12.4 Å². The molecule has 0 amide bonds. The first kappa shape index (κ1) is 12.1. The summed E-state index contributed by atoms with van der Waals surface area (Å²) in [6, 6.07) is 0. The summed E-state index contributed by atoms with van der Waals surface area (Å²) in [6.45, 7) is 2.26. The third-order valence-corrected chi connectivity index (χ3v) is 3.08. The molecule has 82 valence electrons. The molecule has 0 N–H and O–H groups in total. The molecular formula is C9H15ClO3S. The Labute approximate surface area is 93.5 Å². The summed E-state index contributed by atoms with van der Waals surface area (Å²) >= 11 is 7.33. The summed E-state index contributed by atoms with van der Waals surface area (Å²) in [5.74, 6) is 1.40. The van der Waals surface area contributed by atoms with E-state index in [1.54, 1.807) is 18.7 Å². The first-order valence-electron chi connectivity index (χ1n) is 4.74. The van der Waals surface area contributed by atoms with Crippen molar-refractivity contribution >= 4 is 29.3 Å². The van der Waals surface area contributed by atoms with Gasteiger partial charge in [0.25, 0.3) is 0 Å². The van der Waals surface area contributed by atoms with Crippen LogP contribution in [0.5, 0.6) is 0 Å². The molecule has 0 saturated carbocycles. The highest BCUT2D eigenvalue weighted by molar-refractivity contribution is 7.99.